The maximum Gasteiger partial charge on any atom is 0.0412 e. The van der Waals surface area contributed by atoms with Gasteiger partial charge in [0.2, 0.25) is 0 Å². The topological polar surface area (TPSA) is 15.3 Å². The molecule has 1 N–H and O–H groups in total. The van der Waals surface area contributed by atoms with E-state index < -0.39 is 0 Å². The first-order valence-corrected chi connectivity index (χ1v) is 8.27. The molecule has 1 aromatic carbocycles. The predicted molar refractivity (Wildman–Crippen MR) is 86.4 cm³/mol. The van der Waals surface area contributed by atoms with E-state index >= 15 is 0 Å². The SMILES string of the molecule is CCc1ccc(N2CC(C)(C3CC3)NCC2CC)cc1. The normalized spacial score (nSPS) is 30.6. The van der Waals surface area contributed by atoms with Crippen LogP contribution in [0.2, 0.25) is 0 Å². The van der Waals surface area contributed by atoms with Crippen LogP contribution in [0, 0.1) is 5.92 Å². The highest BCUT2D eigenvalue weighted by molar-refractivity contribution is 5.50. The van der Waals surface area contributed by atoms with E-state index in [0.29, 0.717) is 11.6 Å². The lowest BCUT2D eigenvalue weighted by molar-refractivity contribution is 0.252. The molecule has 0 bridgehead atoms. The van der Waals surface area contributed by atoms with Crippen LogP contribution in [-0.4, -0.2) is 24.7 Å². The summed E-state index contributed by atoms with van der Waals surface area (Å²) in [6.45, 7) is 9.23. The Morgan fingerprint density at radius 2 is 1.90 bits per heavy atom. The van der Waals surface area contributed by atoms with Crippen molar-refractivity contribution < 1.29 is 0 Å². The van der Waals surface area contributed by atoms with Crippen molar-refractivity contribution in [2.24, 2.45) is 5.92 Å². The predicted octanol–water partition coefficient (Wildman–Crippen LogP) is 3.61. The molecular formula is C18H28N2. The molecule has 2 nitrogen and oxygen atoms in total. The molecule has 3 rings (SSSR count). The van der Waals surface area contributed by atoms with Gasteiger partial charge in [0, 0.05) is 30.4 Å². The monoisotopic (exact) mass is 272 g/mol. The molecule has 1 saturated carbocycles. The average Bonchev–Trinajstić information content (AvgIpc) is 3.32. The van der Waals surface area contributed by atoms with Crippen molar-refractivity contribution in [3.8, 4) is 0 Å². The fourth-order valence-corrected chi connectivity index (χ4v) is 3.58. The molecule has 0 radical (unpaired) electrons. The van der Waals surface area contributed by atoms with Gasteiger partial charge in [-0.05, 0) is 56.2 Å². The molecule has 1 saturated heterocycles. The van der Waals surface area contributed by atoms with Crippen LogP contribution in [0.3, 0.4) is 0 Å². The average molecular weight is 272 g/mol. The summed E-state index contributed by atoms with van der Waals surface area (Å²) >= 11 is 0. The van der Waals surface area contributed by atoms with Gasteiger partial charge in [-0.15, -0.1) is 0 Å². The molecule has 2 fully saturated rings. The number of hydrogen-bond acceptors (Lipinski definition) is 2. The van der Waals surface area contributed by atoms with Crippen molar-refractivity contribution in [3.05, 3.63) is 29.8 Å². The van der Waals surface area contributed by atoms with E-state index in [1.807, 2.05) is 0 Å². The van der Waals surface area contributed by atoms with E-state index in [9.17, 15) is 0 Å². The van der Waals surface area contributed by atoms with Crippen LogP contribution < -0.4 is 10.2 Å². The summed E-state index contributed by atoms with van der Waals surface area (Å²) in [5.41, 5.74) is 3.15. The Balaban J connectivity index is 1.82. The third-order valence-corrected chi connectivity index (χ3v) is 5.31. The fraction of sp³-hybridized carbons (Fsp3) is 0.667. The molecule has 2 atom stereocenters. The van der Waals surface area contributed by atoms with E-state index in [4.69, 9.17) is 0 Å². The van der Waals surface area contributed by atoms with Crippen molar-refractivity contribution in [1.29, 1.82) is 0 Å². The highest BCUT2D eigenvalue weighted by Crippen LogP contribution is 2.42. The Bertz CT molecular complexity index is 449. The number of hydrogen-bond donors (Lipinski definition) is 1. The summed E-state index contributed by atoms with van der Waals surface area (Å²) in [6, 6.07) is 9.85. The minimum atomic E-state index is 0.315. The lowest BCUT2D eigenvalue weighted by atomic mass is 9.90. The molecule has 1 aliphatic carbocycles. The Hall–Kier alpha value is -1.02. The summed E-state index contributed by atoms with van der Waals surface area (Å²) < 4.78 is 0. The number of rotatable bonds is 4. The van der Waals surface area contributed by atoms with Gasteiger partial charge in [0.25, 0.3) is 0 Å². The maximum absolute atomic E-state index is 3.84. The second-order valence-electron chi connectivity index (χ2n) is 6.78. The largest absolute Gasteiger partial charge is 0.365 e. The van der Waals surface area contributed by atoms with Crippen LogP contribution in [0.15, 0.2) is 24.3 Å². The number of benzene rings is 1. The number of aryl methyl sites for hydroxylation is 1. The van der Waals surface area contributed by atoms with Gasteiger partial charge in [0.05, 0.1) is 0 Å². The van der Waals surface area contributed by atoms with E-state index in [1.54, 1.807) is 0 Å². The molecule has 20 heavy (non-hydrogen) atoms. The van der Waals surface area contributed by atoms with Crippen molar-refractivity contribution in [3.63, 3.8) is 0 Å². The van der Waals surface area contributed by atoms with Crippen LogP contribution in [0.25, 0.3) is 0 Å². The van der Waals surface area contributed by atoms with E-state index in [0.717, 1.165) is 25.4 Å². The van der Waals surface area contributed by atoms with Crippen LogP contribution in [0.5, 0.6) is 0 Å². The van der Waals surface area contributed by atoms with Crippen LogP contribution in [-0.2, 0) is 6.42 Å². The molecule has 2 aliphatic rings. The second-order valence-corrected chi connectivity index (χ2v) is 6.78. The number of nitrogens with one attached hydrogen (secondary N) is 1. The van der Waals surface area contributed by atoms with Gasteiger partial charge in [-0.25, -0.2) is 0 Å². The maximum atomic E-state index is 3.84. The van der Waals surface area contributed by atoms with Crippen LogP contribution in [0.4, 0.5) is 5.69 Å². The molecule has 2 heteroatoms. The van der Waals surface area contributed by atoms with E-state index in [-0.39, 0.29) is 0 Å². The molecule has 2 unspecified atom stereocenters. The Labute approximate surface area is 123 Å². The lowest BCUT2D eigenvalue weighted by Gasteiger charge is -2.47. The van der Waals surface area contributed by atoms with E-state index in [2.05, 4.69) is 55.3 Å². The molecule has 0 aromatic heterocycles. The van der Waals surface area contributed by atoms with Crippen molar-refractivity contribution >= 4 is 5.69 Å². The Morgan fingerprint density at radius 1 is 1.20 bits per heavy atom. The van der Waals surface area contributed by atoms with Gasteiger partial charge in [-0.2, -0.15) is 0 Å². The quantitative estimate of drug-likeness (QED) is 0.901. The van der Waals surface area contributed by atoms with Gasteiger partial charge in [0.15, 0.2) is 0 Å². The standard InChI is InChI=1S/C18H28N2/c1-4-14-6-10-17(11-7-14)20-13-18(3,15-8-9-15)19-12-16(20)5-2/h6-7,10-11,15-16,19H,4-5,8-9,12-13H2,1-3H3. The molecule has 110 valence electrons. The number of piperazine rings is 1. The first kappa shape index (κ1) is 13.9. The second kappa shape index (κ2) is 5.40. The third-order valence-electron chi connectivity index (χ3n) is 5.31. The lowest BCUT2D eigenvalue weighted by Crippen LogP contribution is -2.64. The Morgan fingerprint density at radius 3 is 2.45 bits per heavy atom. The molecule has 1 heterocycles. The summed E-state index contributed by atoms with van der Waals surface area (Å²) in [4.78, 5) is 2.65. The summed E-state index contributed by atoms with van der Waals surface area (Å²) in [7, 11) is 0. The van der Waals surface area contributed by atoms with Crippen molar-refractivity contribution in [2.75, 3.05) is 18.0 Å². The highest BCUT2D eigenvalue weighted by Gasteiger charge is 2.45. The fourth-order valence-electron chi connectivity index (χ4n) is 3.58. The molecule has 1 aromatic rings. The third kappa shape index (κ3) is 2.58. The molecule has 1 aliphatic heterocycles. The van der Waals surface area contributed by atoms with Crippen LogP contribution >= 0.6 is 0 Å². The van der Waals surface area contributed by atoms with Crippen molar-refractivity contribution in [2.45, 2.75) is 58.0 Å². The zero-order valence-electron chi connectivity index (χ0n) is 13.2. The van der Waals surface area contributed by atoms with E-state index in [1.165, 1.54) is 30.5 Å². The smallest absolute Gasteiger partial charge is 0.0412 e. The first-order valence-electron chi connectivity index (χ1n) is 8.27. The Kier molecular flexibility index (Phi) is 3.76. The summed E-state index contributed by atoms with van der Waals surface area (Å²) in [5, 5.41) is 3.84. The van der Waals surface area contributed by atoms with Gasteiger partial charge in [-0.1, -0.05) is 26.0 Å². The van der Waals surface area contributed by atoms with Crippen LogP contribution in [0.1, 0.15) is 45.6 Å². The summed E-state index contributed by atoms with van der Waals surface area (Å²) in [6.07, 6.45) is 5.15. The number of nitrogens with zero attached hydrogens (tertiary/aromatic N) is 1. The van der Waals surface area contributed by atoms with Gasteiger partial charge >= 0.3 is 0 Å². The van der Waals surface area contributed by atoms with Gasteiger partial charge in [-0.3, -0.25) is 0 Å². The minimum Gasteiger partial charge on any atom is -0.365 e. The zero-order chi connectivity index (χ0) is 14.2. The molecule has 0 spiro atoms. The highest BCUT2D eigenvalue weighted by atomic mass is 15.3. The minimum absolute atomic E-state index is 0.315. The zero-order valence-corrected chi connectivity index (χ0v) is 13.2. The van der Waals surface area contributed by atoms with Gasteiger partial charge in [0.1, 0.15) is 0 Å². The van der Waals surface area contributed by atoms with Gasteiger partial charge < -0.3 is 10.2 Å². The first-order chi connectivity index (χ1) is 9.66. The number of anilines is 1. The molecular weight excluding hydrogens is 244 g/mol. The molecule has 0 amide bonds. The van der Waals surface area contributed by atoms with Crippen molar-refractivity contribution in [1.82, 2.24) is 5.32 Å². The summed E-state index contributed by atoms with van der Waals surface area (Å²) in [5.74, 6) is 0.887.